The van der Waals surface area contributed by atoms with Gasteiger partial charge in [-0.3, -0.25) is 4.79 Å². The molecule has 1 fully saturated rings. The van der Waals surface area contributed by atoms with E-state index in [-0.39, 0.29) is 5.91 Å². The van der Waals surface area contributed by atoms with Gasteiger partial charge < -0.3 is 20.2 Å². The molecule has 178 valence electrons. The van der Waals surface area contributed by atoms with Crippen molar-refractivity contribution in [3.05, 3.63) is 41.0 Å². The predicted octanol–water partition coefficient (Wildman–Crippen LogP) is 4.44. The Morgan fingerprint density at radius 3 is 2.82 bits per heavy atom. The van der Waals surface area contributed by atoms with E-state index in [2.05, 4.69) is 26.8 Å². The Morgan fingerprint density at radius 1 is 1.18 bits per heavy atom. The number of oxime groups is 1. The summed E-state index contributed by atoms with van der Waals surface area (Å²) in [6, 6.07) is 10.5. The number of ether oxygens (including phenoxy) is 1. The van der Waals surface area contributed by atoms with E-state index in [0.29, 0.717) is 30.1 Å². The molecule has 2 aromatic heterocycles. The zero-order valence-electron chi connectivity index (χ0n) is 19.2. The highest BCUT2D eigenvalue weighted by Crippen LogP contribution is 2.34. The lowest BCUT2D eigenvalue weighted by Gasteiger charge is -2.29. The predicted molar refractivity (Wildman–Crippen MR) is 136 cm³/mol. The van der Waals surface area contributed by atoms with Crippen LogP contribution in [0.15, 0.2) is 40.4 Å². The number of carbonyl (C=O) groups is 1. The topological polar surface area (TPSA) is 97.7 Å². The quantitative estimate of drug-likeness (QED) is 0.368. The molecular formula is C24H27N5O3S2. The Bertz CT molecular complexity index is 1220. The standard InChI is InChI=1S/C24H27N5O3S2/c1-31-17-4-3-5-18-22(17)28-24(34-18)21(29-32-2)14-6-8-15(9-7-14)25-12-16-10-11-19-23(26-16)27-20(30)13-33-19/h3-5,10-11,14-15,25H,6-9,12-13H2,1-2H3,(H,26,27,30)/b29-21+. The number of methoxy groups -OCH3 is 1. The number of hydrogen-bond donors (Lipinski definition) is 2. The maximum atomic E-state index is 11.6. The number of carbonyl (C=O) groups excluding carboxylic acids is 1. The van der Waals surface area contributed by atoms with E-state index in [4.69, 9.17) is 14.6 Å². The van der Waals surface area contributed by atoms with Crippen molar-refractivity contribution >= 4 is 50.8 Å². The Labute approximate surface area is 206 Å². The second kappa shape index (κ2) is 10.3. The van der Waals surface area contributed by atoms with Crippen molar-refractivity contribution in [3.63, 3.8) is 0 Å². The Kier molecular flexibility index (Phi) is 6.98. The van der Waals surface area contributed by atoms with Crippen LogP contribution in [0.4, 0.5) is 5.82 Å². The summed E-state index contributed by atoms with van der Waals surface area (Å²) in [5, 5.41) is 11.8. The van der Waals surface area contributed by atoms with Crippen LogP contribution in [0.25, 0.3) is 10.2 Å². The van der Waals surface area contributed by atoms with Crippen LogP contribution in [0.2, 0.25) is 0 Å². The number of hydrogen-bond acceptors (Lipinski definition) is 9. The summed E-state index contributed by atoms with van der Waals surface area (Å²) in [5.41, 5.74) is 2.74. The maximum absolute atomic E-state index is 11.6. The minimum Gasteiger partial charge on any atom is -0.494 e. The third-order valence-electron chi connectivity index (χ3n) is 6.23. The molecule has 10 heteroatoms. The lowest BCUT2D eigenvalue weighted by Crippen LogP contribution is -2.35. The van der Waals surface area contributed by atoms with Crippen molar-refractivity contribution in [2.45, 2.75) is 43.2 Å². The average Bonchev–Trinajstić information content (AvgIpc) is 3.30. The van der Waals surface area contributed by atoms with E-state index in [1.54, 1.807) is 25.6 Å². The van der Waals surface area contributed by atoms with Crippen LogP contribution < -0.4 is 15.4 Å². The van der Waals surface area contributed by atoms with Crippen molar-refractivity contribution in [1.29, 1.82) is 0 Å². The molecule has 1 aromatic carbocycles. The minimum absolute atomic E-state index is 0.00790. The van der Waals surface area contributed by atoms with Crippen LogP contribution in [0.1, 0.15) is 36.4 Å². The average molecular weight is 498 g/mol. The van der Waals surface area contributed by atoms with Crippen LogP contribution in [-0.4, -0.2) is 47.6 Å². The van der Waals surface area contributed by atoms with E-state index in [0.717, 1.165) is 63.0 Å². The number of benzene rings is 1. The summed E-state index contributed by atoms with van der Waals surface area (Å²) >= 11 is 3.16. The van der Waals surface area contributed by atoms with Gasteiger partial charge >= 0.3 is 0 Å². The van der Waals surface area contributed by atoms with Crippen molar-refractivity contribution in [2.24, 2.45) is 11.1 Å². The lowest BCUT2D eigenvalue weighted by atomic mass is 9.83. The second-order valence-corrected chi connectivity index (χ2v) is 10.4. The van der Waals surface area contributed by atoms with E-state index in [1.807, 2.05) is 24.3 Å². The zero-order chi connectivity index (χ0) is 23.5. The highest BCUT2D eigenvalue weighted by molar-refractivity contribution is 8.00. The summed E-state index contributed by atoms with van der Waals surface area (Å²) in [6.45, 7) is 0.680. The number of thiazole rings is 1. The van der Waals surface area contributed by atoms with Crippen LogP contribution in [-0.2, 0) is 16.2 Å². The first-order valence-electron chi connectivity index (χ1n) is 11.4. The number of nitrogens with one attached hydrogen (secondary N) is 2. The van der Waals surface area contributed by atoms with Gasteiger partial charge in [-0.1, -0.05) is 11.2 Å². The SMILES string of the molecule is CO/N=C(/c1nc2c(OC)cccc2s1)C1CCC(NCc2ccc3c(n2)NC(=O)CS3)CC1. The van der Waals surface area contributed by atoms with Gasteiger partial charge in [-0.2, -0.15) is 0 Å². The van der Waals surface area contributed by atoms with Crippen LogP contribution >= 0.6 is 23.1 Å². The summed E-state index contributed by atoms with van der Waals surface area (Å²) in [7, 11) is 3.26. The number of fused-ring (bicyclic) bond motifs is 2. The maximum Gasteiger partial charge on any atom is 0.235 e. The molecular weight excluding hydrogens is 470 g/mol. The van der Waals surface area contributed by atoms with Crippen molar-refractivity contribution < 1.29 is 14.4 Å². The van der Waals surface area contributed by atoms with Gasteiger partial charge in [-0.25, -0.2) is 9.97 Å². The number of thioether (sulfide) groups is 1. The second-order valence-electron chi connectivity index (χ2n) is 8.40. The van der Waals surface area contributed by atoms with E-state index >= 15 is 0 Å². The van der Waals surface area contributed by atoms with Gasteiger partial charge in [-0.15, -0.1) is 23.1 Å². The van der Waals surface area contributed by atoms with Crippen LogP contribution in [0.5, 0.6) is 5.75 Å². The van der Waals surface area contributed by atoms with Gasteiger partial charge in [0.15, 0.2) is 0 Å². The van der Waals surface area contributed by atoms with E-state index in [1.165, 1.54) is 11.8 Å². The molecule has 0 bridgehead atoms. The molecule has 1 aliphatic carbocycles. The normalized spacial score (nSPS) is 20.6. The highest BCUT2D eigenvalue weighted by atomic mass is 32.2. The minimum atomic E-state index is 0.00790. The molecule has 1 amide bonds. The smallest absolute Gasteiger partial charge is 0.235 e. The summed E-state index contributed by atoms with van der Waals surface area (Å²) in [5.74, 6) is 2.22. The molecule has 1 aliphatic heterocycles. The third-order valence-corrected chi connectivity index (χ3v) is 8.32. The molecule has 1 saturated carbocycles. The molecule has 3 heterocycles. The molecule has 0 spiro atoms. The monoisotopic (exact) mass is 497 g/mol. The number of para-hydroxylation sites is 1. The van der Waals surface area contributed by atoms with Gasteiger partial charge in [0.1, 0.15) is 34.9 Å². The number of aromatic nitrogens is 2. The lowest BCUT2D eigenvalue weighted by molar-refractivity contribution is -0.113. The van der Waals surface area contributed by atoms with Gasteiger partial charge in [0, 0.05) is 18.5 Å². The van der Waals surface area contributed by atoms with Crippen LogP contribution in [0, 0.1) is 5.92 Å². The number of anilines is 1. The molecule has 5 rings (SSSR count). The summed E-state index contributed by atoms with van der Waals surface area (Å²) < 4.78 is 6.56. The fourth-order valence-corrected chi connectivity index (χ4v) is 6.31. The Morgan fingerprint density at radius 2 is 2.03 bits per heavy atom. The fraction of sp³-hybridized carbons (Fsp3) is 0.417. The first-order chi connectivity index (χ1) is 16.6. The van der Waals surface area contributed by atoms with Gasteiger partial charge in [-0.05, 0) is 49.9 Å². The molecule has 0 radical (unpaired) electrons. The van der Waals surface area contributed by atoms with Gasteiger partial charge in [0.2, 0.25) is 5.91 Å². The molecule has 0 unspecified atom stereocenters. The van der Waals surface area contributed by atoms with Crippen molar-refractivity contribution in [3.8, 4) is 5.75 Å². The molecule has 34 heavy (non-hydrogen) atoms. The van der Waals surface area contributed by atoms with Crippen molar-refractivity contribution in [2.75, 3.05) is 25.3 Å². The number of amides is 1. The van der Waals surface area contributed by atoms with Gasteiger partial charge in [0.05, 0.1) is 28.2 Å². The molecule has 2 aliphatic rings. The number of nitrogens with zero attached hydrogens (tertiary/aromatic N) is 3. The highest BCUT2D eigenvalue weighted by Gasteiger charge is 2.28. The zero-order valence-corrected chi connectivity index (χ0v) is 20.8. The third kappa shape index (κ3) is 4.89. The van der Waals surface area contributed by atoms with Crippen LogP contribution in [0.3, 0.4) is 0 Å². The Balaban J connectivity index is 1.21. The van der Waals surface area contributed by atoms with E-state index in [9.17, 15) is 4.79 Å². The largest absolute Gasteiger partial charge is 0.494 e. The Hall–Kier alpha value is -2.69. The summed E-state index contributed by atoms with van der Waals surface area (Å²) in [6.07, 6.45) is 4.10. The fourth-order valence-electron chi connectivity index (χ4n) is 4.51. The molecule has 3 aromatic rings. The number of pyridine rings is 1. The first kappa shape index (κ1) is 23.1. The first-order valence-corrected chi connectivity index (χ1v) is 13.2. The summed E-state index contributed by atoms with van der Waals surface area (Å²) in [4.78, 5) is 27.4. The van der Waals surface area contributed by atoms with E-state index < -0.39 is 0 Å². The molecule has 8 nitrogen and oxygen atoms in total. The molecule has 0 saturated heterocycles. The molecule has 2 N–H and O–H groups in total. The molecule has 0 atom stereocenters. The van der Waals surface area contributed by atoms with Gasteiger partial charge in [0.25, 0.3) is 0 Å². The van der Waals surface area contributed by atoms with Crippen molar-refractivity contribution in [1.82, 2.24) is 15.3 Å². The number of rotatable bonds is 7.